The van der Waals surface area contributed by atoms with Crippen LogP contribution in [0, 0.1) is 0 Å². The van der Waals surface area contributed by atoms with Crippen LogP contribution in [0.5, 0.6) is 0 Å². The summed E-state index contributed by atoms with van der Waals surface area (Å²) in [5, 5.41) is 3.35. The number of thiophene rings is 1. The summed E-state index contributed by atoms with van der Waals surface area (Å²) in [7, 11) is -1.47. The number of pyridine rings is 2. The minimum Gasteiger partial charge on any atom is -0.317 e. The average Bonchev–Trinajstić information content (AvgIpc) is 3.15. The molecule has 176 valence electrons. The van der Waals surface area contributed by atoms with Crippen LogP contribution in [0.15, 0.2) is 35.4 Å². The Labute approximate surface area is 196 Å². The van der Waals surface area contributed by atoms with Gasteiger partial charge in [-0.1, -0.05) is 0 Å². The highest BCUT2D eigenvalue weighted by atomic mass is 32.2. The maximum absolute atomic E-state index is 12.9. The molecule has 0 bridgehead atoms. The molecule has 3 aromatic rings. The van der Waals surface area contributed by atoms with Crippen molar-refractivity contribution >= 4 is 43.2 Å². The molecule has 0 unspecified atom stereocenters. The lowest BCUT2D eigenvalue weighted by Gasteiger charge is -2.38. The maximum Gasteiger partial charge on any atom is 0.259 e. The monoisotopic (exact) mass is 489 g/mol. The number of amides is 1. The first-order chi connectivity index (χ1) is 15.5. The normalized spacial score (nSPS) is 18.0. The molecule has 1 aliphatic rings. The number of nitrogens with one attached hydrogen (secondary N) is 1. The molecule has 9 nitrogen and oxygen atoms in total. The molecule has 3 aromatic heterocycles. The lowest BCUT2D eigenvalue weighted by molar-refractivity contribution is -0.114. The number of carbonyl (C=O) groups is 1. The SMILES string of the molecule is CC(=O)Nc1cc(-c2cn(C)c(=O)c3cc(CN4CCN(S(C)(=O)=O)C[C@H]4C)sc23)ccn1. The Morgan fingerprint density at radius 3 is 2.73 bits per heavy atom. The Kier molecular flexibility index (Phi) is 6.41. The van der Waals surface area contributed by atoms with Crippen molar-refractivity contribution in [1.29, 1.82) is 0 Å². The molecule has 0 spiro atoms. The van der Waals surface area contributed by atoms with E-state index in [9.17, 15) is 18.0 Å². The van der Waals surface area contributed by atoms with E-state index in [2.05, 4.69) is 15.2 Å². The Bertz CT molecular complexity index is 1380. The molecule has 0 aliphatic carbocycles. The van der Waals surface area contributed by atoms with Crippen molar-refractivity contribution in [2.75, 3.05) is 31.2 Å². The van der Waals surface area contributed by atoms with E-state index in [1.165, 1.54) is 17.5 Å². The molecule has 0 saturated carbocycles. The van der Waals surface area contributed by atoms with Crippen molar-refractivity contribution in [3.63, 3.8) is 0 Å². The molecular weight excluding hydrogens is 462 g/mol. The number of aryl methyl sites for hydroxylation is 1. The smallest absolute Gasteiger partial charge is 0.259 e. The number of hydrogen-bond acceptors (Lipinski definition) is 7. The van der Waals surface area contributed by atoms with Gasteiger partial charge in [-0.25, -0.2) is 13.4 Å². The van der Waals surface area contributed by atoms with Gasteiger partial charge in [-0.15, -0.1) is 11.3 Å². The maximum atomic E-state index is 12.9. The van der Waals surface area contributed by atoms with Crippen LogP contribution < -0.4 is 10.9 Å². The highest BCUT2D eigenvalue weighted by molar-refractivity contribution is 7.88. The third-order valence-corrected chi connectivity index (χ3v) is 8.25. The largest absolute Gasteiger partial charge is 0.317 e. The molecule has 0 aromatic carbocycles. The third-order valence-electron chi connectivity index (χ3n) is 5.83. The van der Waals surface area contributed by atoms with Crippen molar-refractivity contribution in [3.8, 4) is 11.1 Å². The van der Waals surface area contributed by atoms with Crippen LogP contribution >= 0.6 is 11.3 Å². The van der Waals surface area contributed by atoms with Gasteiger partial charge in [-0.3, -0.25) is 14.5 Å². The van der Waals surface area contributed by atoms with Gasteiger partial charge in [0, 0.05) is 73.7 Å². The molecule has 1 atom stereocenters. The second-order valence-corrected chi connectivity index (χ2v) is 11.6. The minimum absolute atomic E-state index is 0.0673. The molecular formula is C22H27N5O4S2. The lowest BCUT2D eigenvalue weighted by Crippen LogP contribution is -2.52. The minimum atomic E-state index is -3.20. The first kappa shape index (κ1) is 23.6. The zero-order chi connectivity index (χ0) is 23.9. The van der Waals surface area contributed by atoms with Crippen LogP contribution in [0.2, 0.25) is 0 Å². The third kappa shape index (κ3) is 5.01. The van der Waals surface area contributed by atoms with Crippen LogP contribution in [-0.4, -0.2) is 65.0 Å². The summed E-state index contributed by atoms with van der Waals surface area (Å²) in [5.41, 5.74) is 1.69. The molecule has 33 heavy (non-hydrogen) atoms. The molecule has 1 amide bonds. The number of rotatable bonds is 5. The van der Waals surface area contributed by atoms with Crippen molar-refractivity contribution in [2.24, 2.45) is 7.05 Å². The lowest BCUT2D eigenvalue weighted by atomic mass is 10.1. The summed E-state index contributed by atoms with van der Waals surface area (Å²) in [5.74, 6) is 0.255. The van der Waals surface area contributed by atoms with Gasteiger partial charge in [0.05, 0.1) is 11.6 Å². The zero-order valence-corrected chi connectivity index (χ0v) is 20.7. The second-order valence-electron chi connectivity index (χ2n) is 8.47. The van der Waals surface area contributed by atoms with Crippen molar-refractivity contribution < 1.29 is 13.2 Å². The van der Waals surface area contributed by atoms with Crippen LogP contribution in [0.1, 0.15) is 18.7 Å². The van der Waals surface area contributed by atoms with Crippen LogP contribution in [0.25, 0.3) is 21.2 Å². The Balaban J connectivity index is 1.68. The molecule has 4 heterocycles. The molecule has 0 radical (unpaired) electrons. The van der Waals surface area contributed by atoms with Gasteiger partial charge in [0.2, 0.25) is 15.9 Å². The molecule has 11 heteroatoms. The van der Waals surface area contributed by atoms with Gasteiger partial charge in [-0.2, -0.15) is 4.31 Å². The predicted octanol–water partition coefficient (Wildman–Crippen LogP) is 2.09. The number of carbonyl (C=O) groups excluding carboxylic acids is 1. The second kappa shape index (κ2) is 8.98. The standard InChI is InChI=1S/C22H27N5O4S2/c1-14-11-27(33(4,30)31)8-7-26(14)12-17-10-18-21(32-17)19(13-25(3)22(18)29)16-5-6-23-20(9-16)24-15(2)28/h5-6,9-10,13-14H,7-8,11-12H2,1-4H3,(H,23,24,28)/t14-/m1/s1. The molecule has 1 aliphatic heterocycles. The topological polar surface area (TPSA) is 105 Å². The molecule has 1 N–H and O–H groups in total. The number of nitrogens with zero attached hydrogens (tertiary/aromatic N) is 4. The summed E-state index contributed by atoms with van der Waals surface area (Å²) >= 11 is 1.57. The summed E-state index contributed by atoms with van der Waals surface area (Å²) in [4.78, 5) is 31.8. The summed E-state index contributed by atoms with van der Waals surface area (Å²) < 4.78 is 27.7. The number of aromatic nitrogens is 2. The summed E-state index contributed by atoms with van der Waals surface area (Å²) in [6.07, 6.45) is 4.69. The van der Waals surface area contributed by atoms with Gasteiger partial charge < -0.3 is 9.88 Å². The van der Waals surface area contributed by atoms with E-state index in [0.29, 0.717) is 37.4 Å². The quantitative estimate of drug-likeness (QED) is 0.589. The van der Waals surface area contributed by atoms with E-state index in [-0.39, 0.29) is 17.5 Å². The highest BCUT2D eigenvalue weighted by Crippen LogP contribution is 2.34. The fraction of sp³-hybridized carbons (Fsp3) is 0.409. The fourth-order valence-corrected chi connectivity index (χ4v) is 6.24. The van der Waals surface area contributed by atoms with Gasteiger partial charge in [-0.05, 0) is 30.7 Å². The van der Waals surface area contributed by atoms with Crippen molar-refractivity contribution in [1.82, 2.24) is 18.8 Å². The van der Waals surface area contributed by atoms with Crippen molar-refractivity contribution in [2.45, 2.75) is 26.4 Å². The number of piperazine rings is 1. The Morgan fingerprint density at radius 1 is 1.30 bits per heavy atom. The number of hydrogen-bond donors (Lipinski definition) is 1. The first-order valence-electron chi connectivity index (χ1n) is 10.6. The molecule has 1 saturated heterocycles. The van der Waals surface area contributed by atoms with E-state index < -0.39 is 10.0 Å². The highest BCUT2D eigenvalue weighted by Gasteiger charge is 2.29. The van der Waals surface area contributed by atoms with Crippen LogP contribution in [0.3, 0.4) is 0 Å². The number of anilines is 1. The molecule has 1 fully saturated rings. The van der Waals surface area contributed by atoms with Gasteiger partial charge in [0.1, 0.15) is 5.82 Å². The van der Waals surface area contributed by atoms with E-state index in [1.54, 1.807) is 35.2 Å². The van der Waals surface area contributed by atoms with Crippen LogP contribution in [-0.2, 0) is 28.4 Å². The van der Waals surface area contributed by atoms with Gasteiger partial charge in [0.25, 0.3) is 5.56 Å². The molecule has 4 rings (SSSR count). The Hall–Kier alpha value is -2.60. The Morgan fingerprint density at radius 2 is 2.06 bits per heavy atom. The zero-order valence-electron chi connectivity index (χ0n) is 19.0. The van der Waals surface area contributed by atoms with Crippen molar-refractivity contribution in [3.05, 3.63) is 45.8 Å². The van der Waals surface area contributed by atoms with Gasteiger partial charge in [0.15, 0.2) is 0 Å². The van der Waals surface area contributed by atoms with Gasteiger partial charge >= 0.3 is 0 Å². The predicted molar refractivity (Wildman–Crippen MR) is 131 cm³/mol. The number of fused-ring (bicyclic) bond motifs is 1. The van der Waals surface area contributed by atoms with E-state index in [4.69, 9.17) is 0 Å². The summed E-state index contributed by atoms with van der Waals surface area (Å²) in [6, 6.07) is 5.67. The van der Waals surface area contributed by atoms with E-state index in [1.807, 2.05) is 25.3 Å². The fourth-order valence-electron chi connectivity index (χ4n) is 4.13. The summed E-state index contributed by atoms with van der Waals surface area (Å²) in [6.45, 7) is 5.66. The average molecular weight is 490 g/mol. The number of sulfonamides is 1. The van der Waals surface area contributed by atoms with E-state index in [0.717, 1.165) is 20.7 Å². The van der Waals surface area contributed by atoms with E-state index >= 15 is 0 Å². The van der Waals surface area contributed by atoms with Crippen LogP contribution in [0.4, 0.5) is 5.82 Å². The first-order valence-corrected chi connectivity index (χ1v) is 13.2.